The second kappa shape index (κ2) is 6.20. The van der Waals surface area contributed by atoms with Gasteiger partial charge in [-0.3, -0.25) is 0 Å². The van der Waals surface area contributed by atoms with Gasteiger partial charge in [0, 0.05) is 4.88 Å². The molecule has 0 spiro atoms. The van der Waals surface area contributed by atoms with Crippen molar-refractivity contribution in [2.75, 3.05) is 0 Å². The number of aryl methyl sites for hydroxylation is 1. The molecule has 1 atom stereocenters. The van der Waals surface area contributed by atoms with Crippen LogP contribution in [0.1, 0.15) is 38.0 Å². The fraction of sp³-hybridized carbons (Fsp3) is 0.667. The second-order valence-electron chi connectivity index (χ2n) is 4.24. The third-order valence-electron chi connectivity index (χ3n) is 2.38. The summed E-state index contributed by atoms with van der Waals surface area (Å²) in [4.78, 5) is 1.38. The molecule has 1 N–H and O–H groups in total. The highest BCUT2D eigenvalue weighted by Gasteiger charge is 2.06. The van der Waals surface area contributed by atoms with Gasteiger partial charge in [-0.05, 0) is 43.0 Å². The van der Waals surface area contributed by atoms with Crippen molar-refractivity contribution in [2.24, 2.45) is 5.92 Å². The Bertz CT molecular complexity index is 228. The molecule has 0 saturated heterocycles. The monoisotopic (exact) mass is 212 g/mol. The standard InChI is InChI=1S/C12H20OS/c1-10(2)5-6-11(13)7-8-12-4-3-9-14-12/h3-4,9-11,13H,5-8H2,1-2H3. The lowest BCUT2D eigenvalue weighted by Crippen LogP contribution is -2.08. The van der Waals surface area contributed by atoms with E-state index in [9.17, 15) is 5.11 Å². The Morgan fingerprint density at radius 1 is 1.29 bits per heavy atom. The summed E-state index contributed by atoms with van der Waals surface area (Å²) in [6.07, 6.45) is 3.90. The summed E-state index contributed by atoms with van der Waals surface area (Å²) in [5.41, 5.74) is 0. The minimum absolute atomic E-state index is 0.112. The van der Waals surface area contributed by atoms with E-state index in [2.05, 4.69) is 31.4 Å². The zero-order chi connectivity index (χ0) is 10.4. The van der Waals surface area contributed by atoms with E-state index < -0.39 is 0 Å². The van der Waals surface area contributed by atoms with Crippen molar-refractivity contribution in [3.05, 3.63) is 22.4 Å². The Hall–Kier alpha value is -0.340. The van der Waals surface area contributed by atoms with Gasteiger partial charge in [0.1, 0.15) is 0 Å². The van der Waals surface area contributed by atoms with E-state index in [1.807, 2.05) is 0 Å². The minimum Gasteiger partial charge on any atom is -0.393 e. The lowest BCUT2D eigenvalue weighted by molar-refractivity contribution is 0.147. The number of rotatable bonds is 6. The van der Waals surface area contributed by atoms with Crippen molar-refractivity contribution in [3.8, 4) is 0 Å². The van der Waals surface area contributed by atoms with Crippen LogP contribution in [0, 0.1) is 5.92 Å². The van der Waals surface area contributed by atoms with Crippen LogP contribution in [0.5, 0.6) is 0 Å². The Morgan fingerprint density at radius 3 is 2.64 bits per heavy atom. The number of aliphatic hydroxyl groups is 1. The average Bonchev–Trinajstić information content (AvgIpc) is 2.63. The smallest absolute Gasteiger partial charge is 0.0543 e. The molecule has 0 bridgehead atoms. The SMILES string of the molecule is CC(C)CCC(O)CCc1cccs1. The largest absolute Gasteiger partial charge is 0.393 e. The molecular formula is C12H20OS. The lowest BCUT2D eigenvalue weighted by Gasteiger charge is -2.11. The van der Waals surface area contributed by atoms with Crippen LogP contribution >= 0.6 is 11.3 Å². The van der Waals surface area contributed by atoms with Gasteiger partial charge in [-0.2, -0.15) is 0 Å². The normalized spacial score (nSPS) is 13.4. The number of hydrogen-bond acceptors (Lipinski definition) is 2. The first kappa shape index (κ1) is 11.7. The molecule has 14 heavy (non-hydrogen) atoms. The van der Waals surface area contributed by atoms with Gasteiger partial charge in [-0.1, -0.05) is 19.9 Å². The number of thiophene rings is 1. The third kappa shape index (κ3) is 4.77. The maximum Gasteiger partial charge on any atom is 0.0543 e. The average molecular weight is 212 g/mol. The van der Waals surface area contributed by atoms with Crippen LogP contribution in [0.3, 0.4) is 0 Å². The van der Waals surface area contributed by atoms with Crippen LogP contribution in [0.2, 0.25) is 0 Å². The summed E-state index contributed by atoms with van der Waals surface area (Å²) in [5.74, 6) is 0.700. The van der Waals surface area contributed by atoms with Gasteiger partial charge in [0.15, 0.2) is 0 Å². The molecule has 0 aliphatic heterocycles. The van der Waals surface area contributed by atoms with Gasteiger partial charge in [-0.25, -0.2) is 0 Å². The molecule has 0 aliphatic rings. The summed E-state index contributed by atoms with van der Waals surface area (Å²) in [5, 5.41) is 11.8. The third-order valence-corrected chi connectivity index (χ3v) is 3.32. The van der Waals surface area contributed by atoms with Crippen LogP contribution < -0.4 is 0 Å². The molecule has 0 amide bonds. The molecule has 1 heterocycles. The summed E-state index contributed by atoms with van der Waals surface area (Å²) in [6.45, 7) is 4.40. The molecule has 1 unspecified atom stereocenters. The molecule has 1 rings (SSSR count). The first-order chi connectivity index (χ1) is 6.68. The molecule has 0 fully saturated rings. The summed E-state index contributed by atoms with van der Waals surface area (Å²) in [7, 11) is 0. The van der Waals surface area contributed by atoms with Crippen molar-refractivity contribution in [1.29, 1.82) is 0 Å². The second-order valence-corrected chi connectivity index (χ2v) is 5.28. The lowest BCUT2D eigenvalue weighted by atomic mass is 10.0. The summed E-state index contributed by atoms with van der Waals surface area (Å²) in [6, 6.07) is 4.21. The van der Waals surface area contributed by atoms with Crippen LogP contribution in [-0.2, 0) is 6.42 Å². The van der Waals surface area contributed by atoms with E-state index in [0.29, 0.717) is 5.92 Å². The van der Waals surface area contributed by atoms with E-state index in [-0.39, 0.29) is 6.10 Å². The van der Waals surface area contributed by atoms with Gasteiger partial charge in [-0.15, -0.1) is 11.3 Å². The van der Waals surface area contributed by atoms with Crippen LogP contribution in [0.25, 0.3) is 0 Å². The van der Waals surface area contributed by atoms with Gasteiger partial charge in [0.2, 0.25) is 0 Å². The van der Waals surface area contributed by atoms with Gasteiger partial charge in [0.25, 0.3) is 0 Å². The molecule has 80 valence electrons. The molecule has 2 heteroatoms. The predicted octanol–water partition coefficient (Wildman–Crippen LogP) is 3.48. The maximum absolute atomic E-state index is 9.70. The molecule has 0 radical (unpaired) electrons. The van der Waals surface area contributed by atoms with Crippen LogP contribution in [0.4, 0.5) is 0 Å². The quantitative estimate of drug-likeness (QED) is 0.765. The number of hydrogen-bond donors (Lipinski definition) is 1. The Balaban J connectivity index is 2.12. The Morgan fingerprint density at radius 2 is 2.07 bits per heavy atom. The molecule has 0 saturated carbocycles. The van der Waals surface area contributed by atoms with Crippen LogP contribution in [0.15, 0.2) is 17.5 Å². The van der Waals surface area contributed by atoms with Crippen molar-refractivity contribution >= 4 is 11.3 Å². The summed E-state index contributed by atoms with van der Waals surface area (Å²) < 4.78 is 0. The first-order valence-corrected chi connectivity index (χ1v) is 6.27. The zero-order valence-corrected chi connectivity index (χ0v) is 9.89. The predicted molar refractivity (Wildman–Crippen MR) is 62.7 cm³/mol. The summed E-state index contributed by atoms with van der Waals surface area (Å²) >= 11 is 1.78. The number of aliphatic hydroxyl groups excluding tert-OH is 1. The van der Waals surface area contributed by atoms with Crippen molar-refractivity contribution in [3.63, 3.8) is 0 Å². The topological polar surface area (TPSA) is 20.2 Å². The highest BCUT2D eigenvalue weighted by atomic mass is 32.1. The van der Waals surface area contributed by atoms with Crippen molar-refractivity contribution < 1.29 is 5.11 Å². The van der Waals surface area contributed by atoms with Gasteiger partial charge >= 0.3 is 0 Å². The van der Waals surface area contributed by atoms with E-state index in [0.717, 1.165) is 25.7 Å². The van der Waals surface area contributed by atoms with Crippen molar-refractivity contribution in [2.45, 2.75) is 45.6 Å². The van der Waals surface area contributed by atoms with Crippen LogP contribution in [-0.4, -0.2) is 11.2 Å². The van der Waals surface area contributed by atoms with E-state index in [1.54, 1.807) is 11.3 Å². The highest BCUT2D eigenvalue weighted by molar-refractivity contribution is 7.09. The van der Waals surface area contributed by atoms with E-state index in [4.69, 9.17) is 0 Å². The Kier molecular flexibility index (Phi) is 5.20. The van der Waals surface area contributed by atoms with E-state index in [1.165, 1.54) is 4.88 Å². The van der Waals surface area contributed by atoms with E-state index >= 15 is 0 Å². The fourth-order valence-electron chi connectivity index (χ4n) is 1.43. The fourth-order valence-corrected chi connectivity index (χ4v) is 2.16. The molecule has 1 aromatic rings. The molecule has 0 aliphatic carbocycles. The molecular weight excluding hydrogens is 192 g/mol. The van der Waals surface area contributed by atoms with Gasteiger partial charge in [0.05, 0.1) is 6.10 Å². The minimum atomic E-state index is -0.112. The molecule has 0 aromatic carbocycles. The molecule has 1 aromatic heterocycles. The Labute approximate surface area is 90.8 Å². The van der Waals surface area contributed by atoms with Gasteiger partial charge < -0.3 is 5.11 Å². The molecule has 1 nitrogen and oxygen atoms in total. The highest BCUT2D eigenvalue weighted by Crippen LogP contribution is 2.15. The maximum atomic E-state index is 9.70. The first-order valence-electron chi connectivity index (χ1n) is 5.39. The zero-order valence-electron chi connectivity index (χ0n) is 9.07. The van der Waals surface area contributed by atoms with Crippen molar-refractivity contribution in [1.82, 2.24) is 0 Å².